The van der Waals surface area contributed by atoms with Gasteiger partial charge in [-0.1, -0.05) is 29.8 Å². The van der Waals surface area contributed by atoms with E-state index in [4.69, 9.17) is 16.7 Å². The van der Waals surface area contributed by atoms with Gasteiger partial charge in [0.2, 0.25) is 0 Å². The minimum atomic E-state index is -0.498. The second kappa shape index (κ2) is 7.61. The first-order valence-electron chi connectivity index (χ1n) is 7.83. The standard InChI is InChI=1S/C19H15ClFNO3S/c1-11-2-7-14(10-15(11)20)22-18(24)16(12-3-5-13(21)6-4-12)17(19(22)25)26-9-8-23/h2-7,10,23H,8-9H2,1H3. The summed E-state index contributed by atoms with van der Waals surface area (Å²) < 4.78 is 13.2. The minimum absolute atomic E-state index is 0.136. The number of hydrogen-bond acceptors (Lipinski definition) is 4. The molecule has 3 rings (SSSR count). The Bertz CT molecular complexity index is 912. The van der Waals surface area contributed by atoms with Crippen molar-refractivity contribution in [2.45, 2.75) is 6.92 Å². The number of nitrogens with zero attached hydrogens (tertiary/aromatic N) is 1. The van der Waals surface area contributed by atoms with Crippen LogP contribution in [0.25, 0.3) is 5.57 Å². The maximum absolute atomic E-state index is 13.2. The molecular formula is C19H15ClFNO3S. The molecule has 0 saturated carbocycles. The number of aryl methyl sites for hydroxylation is 1. The highest BCUT2D eigenvalue weighted by Crippen LogP contribution is 2.39. The average molecular weight is 392 g/mol. The van der Waals surface area contributed by atoms with Crippen LogP contribution in [0.3, 0.4) is 0 Å². The Hall–Kier alpha value is -2.15. The number of rotatable bonds is 5. The number of hydrogen-bond donors (Lipinski definition) is 1. The van der Waals surface area contributed by atoms with Gasteiger partial charge in [0, 0.05) is 10.8 Å². The van der Waals surface area contributed by atoms with Crippen molar-refractivity contribution in [3.05, 3.63) is 69.3 Å². The summed E-state index contributed by atoms with van der Waals surface area (Å²) in [4.78, 5) is 27.2. The van der Waals surface area contributed by atoms with Gasteiger partial charge in [-0.3, -0.25) is 9.59 Å². The number of carbonyl (C=O) groups excluding carboxylic acids is 2. The highest BCUT2D eigenvalue weighted by atomic mass is 35.5. The van der Waals surface area contributed by atoms with Crippen molar-refractivity contribution in [3.8, 4) is 0 Å². The van der Waals surface area contributed by atoms with Crippen molar-refractivity contribution < 1.29 is 19.1 Å². The first-order valence-corrected chi connectivity index (χ1v) is 9.19. The average Bonchev–Trinajstić information content (AvgIpc) is 2.86. The Morgan fingerprint density at radius 1 is 1.12 bits per heavy atom. The van der Waals surface area contributed by atoms with E-state index in [1.54, 1.807) is 18.2 Å². The summed E-state index contributed by atoms with van der Waals surface area (Å²) in [5.74, 6) is -1.14. The first kappa shape index (κ1) is 18.6. The summed E-state index contributed by atoms with van der Waals surface area (Å²) in [6.45, 7) is 1.69. The van der Waals surface area contributed by atoms with E-state index < -0.39 is 17.6 Å². The molecule has 1 aliphatic heterocycles. The molecule has 0 atom stereocenters. The SMILES string of the molecule is Cc1ccc(N2C(=O)C(SCCO)=C(c3ccc(F)cc3)C2=O)cc1Cl. The predicted octanol–water partition coefficient (Wildman–Crippen LogP) is 3.80. The van der Waals surface area contributed by atoms with E-state index in [-0.39, 0.29) is 22.8 Å². The van der Waals surface area contributed by atoms with Crippen molar-refractivity contribution in [1.82, 2.24) is 0 Å². The van der Waals surface area contributed by atoms with Crippen molar-refractivity contribution >= 4 is 46.4 Å². The van der Waals surface area contributed by atoms with Crippen molar-refractivity contribution in [2.24, 2.45) is 0 Å². The zero-order valence-corrected chi connectivity index (χ0v) is 15.4. The second-order valence-electron chi connectivity index (χ2n) is 5.66. The zero-order chi connectivity index (χ0) is 18.8. The molecule has 4 nitrogen and oxygen atoms in total. The highest BCUT2D eigenvalue weighted by Gasteiger charge is 2.40. The number of thioether (sulfide) groups is 1. The van der Waals surface area contributed by atoms with Gasteiger partial charge in [0.15, 0.2) is 0 Å². The molecule has 0 bridgehead atoms. The molecule has 1 N–H and O–H groups in total. The molecule has 2 amide bonds. The lowest BCUT2D eigenvalue weighted by molar-refractivity contribution is -0.119. The normalized spacial score (nSPS) is 14.5. The van der Waals surface area contributed by atoms with Gasteiger partial charge in [0.05, 0.1) is 22.8 Å². The van der Waals surface area contributed by atoms with Crippen LogP contribution in [0, 0.1) is 12.7 Å². The van der Waals surface area contributed by atoms with Crippen LogP contribution in [-0.2, 0) is 9.59 Å². The molecule has 2 aromatic rings. The van der Waals surface area contributed by atoms with Gasteiger partial charge in [-0.05, 0) is 42.3 Å². The molecule has 26 heavy (non-hydrogen) atoms. The van der Waals surface area contributed by atoms with Gasteiger partial charge < -0.3 is 5.11 Å². The van der Waals surface area contributed by atoms with Gasteiger partial charge in [0.25, 0.3) is 11.8 Å². The monoisotopic (exact) mass is 391 g/mol. The molecule has 0 saturated heterocycles. The van der Waals surface area contributed by atoms with Gasteiger partial charge in [-0.2, -0.15) is 0 Å². The molecule has 0 unspecified atom stereocenters. The molecule has 1 aliphatic rings. The fourth-order valence-corrected chi connectivity index (χ4v) is 3.65. The third kappa shape index (κ3) is 3.40. The number of amides is 2. The third-order valence-corrected chi connectivity index (χ3v) is 5.39. The fourth-order valence-electron chi connectivity index (χ4n) is 2.62. The van der Waals surface area contributed by atoms with E-state index in [1.165, 1.54) is 24.3 Å². The number of aliphatic hydroxyl groups is 1. The molecule has 1 heterocycles. The zero-order valence-electron chi connectivity index (χ0n) is 13.8. The van der Waals surface area contributed by atoms with Gasteiger partial charge in [-0.15, -0.1) is 11.8 Å². The van der Waals surface area contributed by atoms with E-state index in [0.717, 1.165) is 22.2 Å². The molecule has 0 spiro atoms. The van der Waals surface area contributed by atoms with Gasteiger partial charge >= 0.3 is 0 Å². The molecule has 0 aliphatic carbocycles. The van der Waals surface area contributed by atoms with Gasteiger partial charge in [-0.25, -0.2) is 9.29 Å². The number of halogens is 2. The number of anilines is 1. The topological polar surface area (TPSA) is 57.6 Å². The van der Waals surface area contributed by atoms with E-state index in [9.17, 15) is 14.0 Å². The molecular weight excluding hydrogens is 377 g/mol. The van der Waals surface area contributed by atoms with Crippen LogP contribution < -0.4 is 4.90 Å². The van der Waals surface area contributed by atoms with Crippen molar-refractivity contribution in [3.63, 3.8) is 0 Å². The Kier molecular flexibility index (Phi) is 5.46. The summed E-state index contributed by atoms with van der Waals surface area (Å²) >= 11 is 7.24. The Labute approximate surface area is 159 Å². The Balaban J connectivity index is 2.07. The maximum Gasteiger partial charge on any atom is 0.272 e. The second-order valence-corrected chi connectivity index (χ2v) is 7.17. The molecule has 2 aromatic carbocycles. The first-order chi connectivity index (χ1) is 12.4. The van der Waals surface area contributed by atoms with Crippen LogP contribution in [0.15, 0.2) is 47.4 Å². The molecule has 0 fully saturated rings. The number of imide groups is 1. The van der Waals surface area contributed by atoms with Crippen LogP contribution in [-0.4, -0.2) is 29.3 Å². The van der Waals surface area contributed by atoms with E-state index >= 15 is 0 Å². The van der Waals surface area contributed by atoms with E-state index in [1.807, 2.05) is 6.92 Å². The Morgan fingerprint density at radius 2 is 1.81 bits per heavy atom. The van der Waals surface area contributed by atoms with Gasteiger partial charge in [0.1, 0.15) is 5.82 Å². The lowest BCUT2D eigenvalue weighted by Gasteiger charge is -2.16. The number of carbonyl (C=O) groups is 2. The highest BCUT2D eigenvalue weighted by molar-refractivity contribution is 8.04. The summed E-state index contributed by atoms with van der Waals surface area (Å²) in [5.41, 5.74) is 1.85. The smallest absolute Gasteiger partial charge is 0.272 e. The van der Waals surface area contributed by atoms with Crippen molar-refractivity contribution in [2.75, 3.05) is 17.3 Å². The summed E-state index contributed by atoms with van der Waals surface area (Å²) in [6, 6.07) is 10.3. The summed E-state index contributed by atoms with van der Waals surface area (Å²) in [6.07, 6.45) is 0. The van der Waals surface area contributed by atoms with Crippen LogP contribution >= 0.6 is 23.4 Å². The number of aliphatic hydroxyl groups excluding tert-OH is 1. The molecule has 0 aromatic heterocycles. The molecule has 134 valence electrons. The van der Waals surface area contributed by atoms with E-state index in [0.29, 0.717) is 16.3 Å². The van der Waals surface area contributed by atoms with Crippen LogP contribution in [0.4, 0.5) is 10.1 Å². The Morgan fingerprint density at radius 3 is 2.42 bits per heavy atom. The van der Waals surface area contributed by atoms with E-state index in [2.05, 4.69) is 0 Å². The van der Waals surface area contributed by atoms with Crippen LogP contribution in [0.1, 0.15) is 11.1 Å². The predicted molar refractivity (Wildman–Crippen MR) is 102 cm³/mol. The molecule has 7 heteroatoms. The lowest BCUT2D eigenvalue weighted by Crippen LogP contribution is -2.31. The third-order valence-electron chi connectivity index (χ3n) is 3.93. The summed E-state index contributed by atoms with van der Waals surface area (Å²) in [7, 11) is 0. The van der Waals surface area contributed by atoms with Crippen LogP contribution in [0.2, 0.25) is 5.02 Å². The minimum Gasteiger partial charge on any atom is -0.396 e. The van der Waals surface area contributed by atoms with Crippen molar-refractivity contribution in [1.29, 1.82) is 0 Å². The number of benzene rings is 2. The fraction of sp³-hybridized carbons (Fsp3) is 0.158. The maximum atomic E-state index is 13.2. The summed E-state index contributed by atoms with van der Waals surface area (Å²) in [5, 5.41) is 9.55. The quantitative estimate of drug-likeness (QED) is 0.788. The molecule has 0 radical (unpaired) electrons. The largest absolute Gasteiger partial charge is 0.396 e. The lowest BCUT2D eigenvalue weighted by atomic mass is 10.1. The van der Waals surface area contributed by atoms with Crippen LogP contribution in [0.5, 0.6) is 0 Å².